The van der Waals surface area contributed by atoms with Crippen molar-refractivity contribution in [1.82, 2.24) is 4.57 Å². The van der Waals surface area contributed by atoms with Crippen LogP contribution < -0.4 is 0 Å². The van der Waals surface area contributed by atoms with Gasteiger partial charge < -0.3 is 13.4 Å². The first-order chi connectivity index (χ1) is 23.5. The molecule has 0 radical (unpaired) electrons. The minimum atomic E-state index is -0.171. The monoisotopic (exact) mass is 615 g/mol. The highest BCUT2D eigenvalue weighted by Crippen LogP contribution is 2.51. The minimum Gasteiger partial charge on any atom is -0.456 e. The first-order valence-corrected chi connectivity index (χ1v) is 16.6. The SMILES string of the molecule is CC1(C)c2cc(-c3ccc4oc5ccccc5c4c3)ccc2-c2ccc(-n3c4ccccc4c4c5c(ccc43)oc3ccccc35)cc21. The molecule has 3 nitrogen and oxygen atoms in total. The molecule has 1 aliphatic rings. The summed E-state index contributed by atoms with van der Waals surface area (Å²) in [6.45, 7) is 4.73. The Balaban J connectivity index is 1.08. The molecule has 226 valence electrons. The molecular formula is C45H29NO2. The number of hydrogen-bond acceptors (Lipinski definition) is 2. The number of aromatic nitrogens is 1. The molecule has 0 saturated heterocycles. The molecule has 0 fully saturated rings. The van der Waals surface area contributed by atoms with Gasteiger partial charge in [-0.1, -0.05) is 92.7 Å². The van der Waals surface area contributed by atoms with Gasteiger partial charge >= 0.3 is 0 Å². The van der Waals surface area contributed by atoms with Crippen LogP contribution in [0.2, 0.25) is 0 Å². The highest BCUT2D eigenvalue weighted by molar-refractivity contribution is 6.27. The first-order valence-electron chi connectivity index (χ1n) is 16.6. The van der Waals surface area contributed by atoms with Crippen LogP contribution in [0.4, 0.5) is 0 Å². The Morgan fingerprint density at radius 1 is 0.438 bits per heavy atom. The van der Waals surface area contributed by atoms with Crippen LogP contribution in [0.25, 0.3) is 93.6 Å². The highest BCUT2D eigenvalue weighted by Gasteiger charge is 2.36. The molecule has 0 unspecified atom stereocenters. The van der Waals surface area contributed by atoms with Crippen LogP contribution in [0.5, 0.6) is 0 Å². The smallest absolute Gasteiger partial charge is 0.136 e. The average Bonchev–Trinajstić information content (AvgIpc) is 3.84. The van der Waals surface area contributed by atoms with Crippen LogP contribution in [0.15, 0.2) is 148 Å². The van der Waals surface area contributed by atoms with E-state index in [2.05, 4.69) is 140 Å². The Morgan fingerprint density at radius 3 is 1.90 bits per heavy atom. The maximum atomic E-state index is 6.31. The second kappa shape index (κ2) is 9.05. The Bertz CT molecular complexity index is 2980. The van der Waals surface area contributed by atoms with E-state index in [-0.39, 0.29) is 5.41 Å². The van der Waals surface area contributed by atoms with E-state index >= 15 is 0 Å². The molecule has 0 saturated carbocycles. The number of fused-ring (bicyclic) bond motifs is 13. The van der Waals surface area contributed by atoms with Gasteiger partial charge in [-0.05, 0) is 94.0 Å². The fourth-order valence-corrected chi connectivity index (χ4v) is 8.50. The molecule has 3 heterocycles. The second-order valence-electron chi connectivity index (χ2n) is 13.7. The largest absolute Gasteiger partial charge is 0.456 e. The van der Waals surface area contributed by atoms with Crippen molar-refractivity contribution < 1.29 is 8.83 Å². The summed E-state index contributed by atoms with van der Waals surface area (Å²) in [5.41, 5.74) is 14.8. The maximum absolute atomic E-state index is 6.31. The normalized spacial score (nSPS) is 13.8. The van der Waals surface area contributed by atoms with E-state index in [1.54, 1.807) is 0 Å². The zero-order chi connectivity index (χ0) is 31.7. The molecule has 0 spiro atoms. The molecule has 48 heavy (non-hydrogen) atoms. The fraction of sp³-hybridized carbons (Fsp3) is 0.0667. The number of hydrogen-bond donors (Lipinski definition) is 0. The third-order valence-corrected chi connectivity index (χ3v) is 10.8. The van der Waals surface area contributed by atoms with Gasteiger partial charge in [-0.3, -0.25) is 0 Å². The predicted octanol–water partition coefficient (Wildman–Crippen LogP) is 12.6. The van der Waals surface area contributed by atoms with Crippen molar-refractivity contribution in [2.24, 2.45) is 0 Å². The van der Waals surface area contributed by atoms with Gasteiger partial charge in [0.25, 0.3) is 0 Å². The number of para-hydroxylation sites is 3. The lowest BCUT2D eigenvalue weighted by Crippen LogP contribution is -2.15. The average molecular weight is 616 g/mol. The fourth-order valence-electron chi connectivity index (χ4n) is 8.50. The summed E-state index contributed by atoms with van der Waals surface area (Å²) in [4.78, 5) is 0. The van der Waals surface area contributed by atoms with Gasteiger partial charge in [0.05, 0.1) is 11.0 Å². The van der Waals surface area contributed by atoms with Crippen molar-refractivity contribution in [3.63, 3.8) is 0 Å². The number of rotatable bonds is 2. The summed E-state index contributed by atoms with van der Waals surface area (Å²) >= 11 is 0. The summed E-state index contributed by atoms with van der Waals surface area (Å²) in [6, 6.07) is 50.4. The molecule has 0 atom stereocenters. The molecule has 7 aromatic carbocycles. The molecule has 11 rings (SSSR count). The van der Waals surface area contributed by atoms with Crippen LogP contribution in [0, 0.1) is 0 Å². The minimum absolute atomic E-state index is 0.171. The zero-order valence-electron chi connectivity index (χ0n) is 26.5. The second-order valence-corrected chi connectivity index (χ2v) is 13.7. The number of benzene rings is 7. The topological polar surface area (TPSA) is 31.2 Å². The number of nitrogens with zero attached hydrogens (tertiary/aromatic N) is 1. The van der Waals surface area contributed by atoms with Gasteiger partial charge in [0.15, 0.2) is 0 Å². The molecule has 3 aromatic heterocycles. The van der Waals surface area contributed by atoms with E-state index in [0.29, 0.717) is 0 Å². The van der Waals surface area contributed by atoms with Gasteiger partial charge in [0.1, 0.15) is 22.3 Å². The first kappa shape index (κ1) is 26.1. The molecular weight excluding hydrogens is 587 g/mol. The van der Waals surface area contributed by atoms with E-state index in [0.717, 1.165) is 38.5 Å². The molecule has 0 N–H and O–H groups in total. The van der Waals surface area contributed by atoms with Crippen LogP contribution in [-0.4, -0.2) is 4.57 Å². The summed E-state index contributed by atoms with van der Waals surface area (Å²) in [6.07, 6.45) is 0. The Kier molecular flexibility index (Phi) is 4.91. The predicted molar refractivity (Wildman–Crippen MR) is 198 cm³/mol. The molecule has 0 bridgehead atoms. The van der Waals surface area contributed by atoms with Crippen LogP contribution >= 0.6 is 0 Å². The standard InChI is InChI=1S/C45H29NO2/c1-45(2)35-24-27(26-16-21-41-34(23-26)31-9-4-7-13-39(31)47-41)15-18-29(35)30-19-17-28(25-36(30)45)46-37-12-6-3-10-32(37)43-38(46)20-22-42-44(43)33-11-5-8-14-40(33)48-42/h3-25H,1-2H3. The lowest BCUT2D eigenvalue weighted by atomic mass is 9.81. The van der Waals surface area contributed by atoms with E-state index < -0.39 is 0 Å². The van der Waals surface area contributed by atoms with Gasteiger partial charge in [-0.2, -0.15) is 0 Å². The van der Waals surface area contributed by atoms with Gasteiger partial charge in [0, 0.05) is 43.4 Å². The summed E-state index contributed by atoms with van der Waals surface area (Å²) in [5, 5.41) is 7.12. The van der Waals surface area contributed by atoms with Gasteiger partial charge in [-0.15, -0.1) is 0 Å². The Morgan fingerprint density at radius 2 is 1.04 bits per heavy atom. The highest BCUT2D eigenvalue weighted by atomic mass is 16.3. The molecule has 10 aromatic rings. The Labute approximate surface area is 276 Å². The quantitative estimate of drug-likeness (QED) is 0.194. The van der Waals surface area contributed by atoms with Crippen molar-refractivity contribution >= 4 is 65.7 Å². The van der Waals surface area contributed by atoms with Crippen LogP contribution in [0.3, 0.4) is 0 Å². The molecule has 0 aliphatic heterocycles. The van der Waals surface area contributed by atoms with Crippen LogP contribution in [0.1, 0.15) is 25.0 Å². The Hall–Kier alpha value is -6.06. The molecule has 1 aliphatic carbocycles. The summed E-state index contributed by atoms with van der Waals surface area (Å²) in [7, 11) is 0. The van der Waals surface area contributed by atoms with Crippen molar-refractivity contribution in [3.05, 3.63) is 151 Å². The van der Waals surface area contributed by atoms with Crippen molar-refractivity contribution in [1.29, 1.82) is 0 Å². The van der Waals surface area contributed by atoms with E-state index in [9.17, 15) is 0 Å². The zero-order valence-corrected chi connectivity index (χ0v) is 26.5. The van der Waals surface area contributed by atoms with Crippen molar-refractivity contribution in [3.8, 4) is 27.9 Å². The van der Waals surface area contributed by atoms with Crippen molar-refractivity contribution in [2.75, 3.05) is 0 Å². The summed E-state index contributed by atoms with van der Waals surface area (Å²) < 4.78 is 14.9. The third kappa shape index (κ3) is 3.33. The van der Waals surface area contributed by atoms with Crippen molar-refractivity contribution in [2.45, 2.75) is 19.3 Å². The molecule has 3 heteroatoms. The summed E-state index contributed by atoms with van der Waals surface area (Å²) in [5.74, 6) is 0. The molecule has 0 amide bonds. The van der Waals surface area contributed by atoms with E-state index in [1.807, 2.05) is 18.2 Å². The van der Waals surface area contributed by atoms with Gasteiger partial charge in [-0.25, -0.2) is 0 Å². The van der Waals surface area contributed by atoms with Gasteiger partial charge in [0.2, 0.25) is 0 Å². The van der Waals surface area contributed by atoms with Crippen LogP contribution in [-0.2, 0) is 5.41 Å². The number of furan rings is 2. The van der Waals surface area contributed by atoms with E-state index in [4.69, 9.17) is 8.83 Å². The third-order valence-electron chi connectivity index (χ3n) is 10.8. The lowest BCUT2D eigenvalue weighted by molar-refractivity contribution is 0.660. The maximum Gasteiger partial charge on any atom is 0.136 e. The lowest BCUT2D eigenvalue weighted by Gasteiger charge is -2.23. The van der Waals surface area contributed by atoms with E-state index in [1.165, 1.54) is 66.3 Å².